The van der Waals surface area contributed by atoms with Crippen molar-refractivity contribution in [1.82, 2.24) is 0 Å². The predicted octanol–water partition coefficient (Wildman–Crippen LogP) is 12.2. The van der Waals surface area contributed by atoms with Crippen molar-refractivity contribution < 1.29 is 9.59 Å². The molecule has 0 saturated heterocycles. The van der Waals surface area contributed by atoms with Gasteiger partial charge in [-0.15, -0.1) is 0 Å². The summed E-state index contributed by atoms with van der Waals surface area (Å²) < 4.78 is 0. The summed E-state index contributed by atoms with van der Waals surface area (Å²) in [6.07, 6.45) is 22.8. The quantitative estimate of drug-likeness (QED) is 0.0981. The van der Waals surface area contributed by atoms with Gasteiger partial charge in [0, 0.05) is 11.1 Å². The Hall–Kier alpha value is -6.64. The lowest BCUT2D eigenvalue weighted by atomic mass is 10.00. The van der Waals surface area contributed by atoms with Crippen molar-refractivity contribution in [3.63, 3.8) is 0 Å². The molecule has 0 fully saturated rings. The van der Waals surface area contributed by atoms with Crippen LogP contribution in [0, 0.1) is 0 Å². The molecule has 0 radical (unpaired) electrons. The van der Waals surface area contributed by atoms with Crippen LogP contribution in [0.1, 0.15) is 76.4 Å². The van der Waals surface area contributed by atoms with Gasteiger partial charge in [0.05, 0.1) is 0 Å². The van der Waals surface area contributed by atoms with E-state index in [-0.39, 0.29) is 0 Å². The van der Waals surface area contributed by atoms with Crippen LogP contribution in [0.2, 0.25) is 0 Å². The van der Waals surface area contributed by atoms with Crippen LogP contribution in [-0.4, -0.2) is 12.6 Å². The molecule has 50 heavy (non-hydrogen) atoms. The van der Waals surface area contributed by atoms with Crippen LogP contribution in [-0.2, 0) is 0 Å². The summed E-state index contributed by atoms with van der Waals surface area (Å²) in [6.45, 7) is 0. The molecule has 0 unspecified atom stereocenters. The fraction of sp³-hybridized carbons (Fsp3) is 0. The van der Waals surface area contributed by atoms with Gasteiger partial charge in [0.2, 0.25) is 0 Å². The van der Waals surface area contributed by atoms with Crippen molar-refractivity contribution in [3.8, 4) is 0 Å². The summed E-state index contributed by atoms with van der Waals surface area (Å²) in [5.41, 5.74) is 11.9. The number of carbonyl (C=O) groups excluding carboxylic acids is 2. The molecule has 2 heteroatoms. The SMILES string of the molecule is O=Cc1ccccc1/C=C\c1ccccc1/C=C\c1ccccc1/C=C\c1ccccc1/C=C\c1ccccc1/C=C\c1ccccc1C=O. The van der Waals surface area contributed by atoms with Crippen molar-refractivity contribution in [2.45, 2.75) is 0 Å². The van der Waals surface area contributed by atoms with Gasteiger partial charge >= 0.3 is 0 Å². The molecule has 0 spiro atoms. The highest BCUT2D eigenvalue weighted by atomic mass is 16.1. The lowest BCUT2D eigenvalue weighted by Crippen LogP contribution is -1.85. The lowest BCUT2D eigenvalue weighted by molar-refractivity contribution is 0.111. The second kappa shape index (κ2) is 17.0. The number of hydrogen-bond donors (Lipinski definition) is 0. The Morgan fingerprint density at radius 2 is 0.320 bits per heavy atom. The molecule has 2 nitrogen and oxygen atoms in total. The highest BCUT2D eigenvalue weighted by Crippen LogP contribution is 2.23. The van der Waals surface area contributed by atoms with Gasteiger partial charge in [0.1, 0.15) is 0 Å². The van der Waals surface area contributed by atoms with Gasteiger partial charge in [-0.25, -0.2) is 0 Å². The Kier molecular flexibility index (Phi) is 11.3. The third-order valence-electron chi connectivity index (χ3n) is 8.44. The molecule has 0 aliphatic rings. The largest absolute Gasteiger partial charge is 0.298 e. The van der Waals surface area contributed by atoms with Crippen molar-refractivity contribution in [1.29, 1.82) is 0 Å². The summed E-state index contributed by atoms with van der Waals surface area (Å²) in [7, 11) is 0. The Labute approximate surface area is 294 Å². The van der Waals surface area contributed by atoms with Gasteiger partial charge in [0.25, 0.3) is 0 Å². The van der Waals surface area contributed by atoms with E-state index in [1.54, 1.807) is 0 Å². The zero-order valence-corrected chi connectivity index (χ0v) is 27.6. The van der Waals surface area contributed by atoms with E-state index in [9.17, 15) is 9.59 Å². The van der Waals surface area contributed by atoms with Crippen LogP contribution >= 0.6 is 0 Å². The molecule has 6 aromatic carbocycles. The van der Waals surface area contributed by atoms with E-state index in [4.69, 9.17) is 0 Å². The average Bonchev–Trinajstić information content (AvgIpc) is 3.18. The first kappa shape index (κ1) is 33.3. The Balaban J connectivity index is 1.22. The smallest absolute Gasteiger partial charge is 0.150 e. The highest BCUT2D eigenvalue weighted by molar-refractivity contribution is 5.89. The molecule has 6 aromatic rings. The molecule has 0 N–H and O–H groups in total. The van der Waals surface area contributed by atoms with Gasteiger partial charge in [-0.3, -0.25) is 9.59 Å². The Morgan fingerprint density at radius 3 is 0.460 bits per heavy atom. The maximum absolute atomic E-state index is 11.5. The number of aldehydes is 2. The van der Waals surface area contributed by atoms with Crippen LogP contribution in [0.5, 0.6) is 0 Å². The maximum atomic E-state index is 11.5. The molecule has 0 atom stereocenters. The molecule has 0 aliphatic heterocycles. The van der Waals surface area contributed by atoms with E-state index in [1.807, 2.05) is 84.9 Å². The molecule has 0 amide bonds. The minimum Gasteiger partial charge on any atom is -0.298 e. The zero-order valence-electron chi connectivity index (χ0n) is 27.6. The fourth-order valence-corrected chi connectivity index (χ4v) is 5.70. The van der Waals surface area contributed by atoms with E-state index in [2.05, 4.69) is 121 Å². The minimum atomic E-state index is 0.672. The van der Waals surface area contributed by atoms with Crippen LogP contribution in [0.25, 0.3) is 60.8 Å². The van der Waals surface area contributed by atoms with Crippen molar-refractivity contribution >= 4 is 73.3 Å². The lowest BCUT2D eigenvalue weighted by Gasteiger charge is -2.05. The first-order valence-corrected chi connectivity index (χ1v) is 16.6. The molecule has 0 aliphatic carbocycles. The standard InChI is InChI=1S/C48H36O2/c49-35-47-23-11-9-21-45(47)33-31-43-19-7-5-17-41(43)29-27-39-15-3-1-13-37(39)25-26-38-14-2-4-16-40(38)28-30-42-18-6-8-20-44(42)32-34-46-22-10-12-24-48(46)36-50/h1-36H/b26-25-,29-27-,30-28-,33-31-,34-32-. The number of hydrogen-bond acceptors (Lipinski definition) is 2. The van der Waals surface area contributed by atoms with Gasteiger partial charge in [-0.2, -0.15) is 0 Å². The number of benzene rings is 6. The predicted molar refractivity (Wildman–Crippen MR) is 214 cm³/mol. The monoisotopic (exact) mass is 644 g/mol. The normalized spacial score (nSPS) is 11.8. The van der Waals surface area contributed by atoms with Crippen molar-refractivity contribution in [2.75, 3.05) is 0 Å². The van der Waals surface area contributed by atoms with Crippen LogP contribution in [0.15, 0.2) is 146 Å². The fourth-order valence-electron chi connectivity index (χ4n) is 5.70. The first-order valence-electron chi connectivity index (χ1n) is 16.6. The summed E-state index contributed by atoms with van der Waals surface area (Å²) in [5.74, 6) is 0. The van der Waals surface area contributed by atoms with E-state index in [0.29, 0.717) is 11.1 Å². The second-order valence-corrected chi connectivity index (χ2v) is 11.7. The summed E-state index contributed by atoms with van der Waals surface area (Å²) >= 11 is 0. The van der Waals surface area contributed by atoms with Crippen LogP contribution in [0.4, 0.5) is 0 Å². The molecule has 0 bridgehead atoms. The number of carbonyl (C=O) groups is 2. The van der Waals surface area contributed by atoms with Crippen LogP contribution in [0.3, 0.4) is 0 Å². The van der Waals surface area contributed by atoms with Crippen molar-refractivity contribution in [2.24, 2.45) is 0 Å². The summed E-state index contributed by atoms with van der Waals surface area (Å²) in [5, 5.41) is 0. The van der Waals surface area contributed by atoms with Gasteiger partial charge in [-0.1, -0.05) is 206 Å². The van der Waals surface area contributed by atoms with E-state index in [1.165, 1.54) is 0 Å². The van der Waals surface area contributed by atoms with Gasteiger partial charge < -0.3 is 0 Å². The average molecular weight is 645 g/mol. The van der Waals surface area contributed by atoms with E-state index in [0.717, 1.165) is 68.2 Å². The maximum Gasteiger partial charge on any atom is 0.150 e. The third kappa shape index (κ3) is 8.63. The molecule has 6 rings (SSSR count). The molecule has 0 aromatic heterocycles. The molecule has 0 heterocycles. The molecule has 240 valence electrons. The Morgan fingerprint density at radius 1 is 0.200 bits per heavy atom. The minimum absolute atomic E-state index is 0.672. The Bertz CT molecular complexity index is 2100. The second-order valence-electron chi connectivity index (χ2n) is 11.7. The van der Waals surface area contributed by atoms with E-state index >= 15 is 0 Å². The zero-order chi connectivity index (χ0) is 34.4. The molecule has 0 saturated carbocycles. The van der Waals surface area contributed by atoms with Crippen LogP contribution < -0.4 is 0 Å². The number of rotatable bonds is 12. The summed E-state index contributed by atoms with van der Waals surface area (Å²) in [4.78, 5) is 23.0. The van der Waals surface area contributed by atoms with E-state index < -0.39 is 0 Å². The highest BCUT2D eigenvalue weighted by Gasteiger charge is 2.02. The molecular weight excluding hydrogens is 609 g/mol. The van der Waals surface area contributed by atoms with Gasteiger partial charge in [-0.05, 0) is 55.6 Å². The molecular formula is C48H36O2. The van der Waals surface area contributed by atoms with Crippen molar-refractivity contribution in [3.05, 3.63) is 212 Å². The van der Waals surface area contributed by atoms with Gasteiger partial charge in [0.15, 0.2) is 12.6 Å². The topological polar surface area (TPSA) is 34.1 Å². The first-order chi connectivity index (χ1) is 24.7. The third-order valence-corrected chi connectivity index (χ3v) is 8.44. The summed E-state index contributed by atoms with van der Waals surface area (Å²) in [6, 6.07) is 48.4.